The number of rotatable bonds is 6. The van der Waals surface area contributed by atoms with E-state index in [1.165, 1.54) is 0 Å². The van der Waals surface area contributed by atoms with Gasteiger partial charge in [0.2, 0.25) is 0 Å². The van der Waals surface area contributed by atoms with Crippen LogP contribution in [0.2, 0.25) is 0 Å². The second-order valence-corrected chi connectivity index (χ2v) is 6.50. The third kappa shape index (κ3) is 4.86. The van der Waals surface area contributed by atoms with Gasteiger partial charge in [0.25, 0.3) is 0 Å². The SMILES string of the molecule is COc1cc(CC(=O)OC(C)(C)C2CCNCC2)cc(OC)c1. The van der Waals surface area contributed by atoms with Gasteiger partial charge in [-0.3, -0.25) is 4.79 Å². The first-order valence-electron chi connectivity index (χ1n) is 8.09. The van der Waals surface area contributed by atoms with Gasteiger partial charge in [0.1, 0.15) is 17.1 Å². The van der Waals surface area contributed by atoms with Crippen LogP contribution in [-0.4, -0.2) is 38.9 Å². The number of esters is 1. The minimum atomic E-state index is -0.442. The van der Waals surface area contributed by atoms with Crippen LogP contribution < -0.4 is 14.8 Å². The van der Waals surface area contributed by atoms with Gasteiger partial charge in [0.15, 0.2) is 0 Å². The maximum atomic E-state index is 12.4. The van der Waals surface area contributed by atoms with Crippen molar-refractivity contribution in [3.8, 4) is 11.5 Å². The first-order chi connectivity index (χ1) is 10.9. The smallest absolute Gasteiger partial charge is 0.310 e. The highest BCUT2D eigenvalue weighted by Crippen LogP contribution is 2.30. The van der Waals surface area contributed by atoms with Crippen molar-refractivity contribution >= 4 is 5.97 Å². The van der Waals surface area contributed by atoms with Crippen LogP contribution in [-0.2, 0) is 16.0 Å². The minimum Gasteiger partial charge on any atom is -0.497 e. The molecule has 0 saturated carbocycles. The van der Waals surface area contributed by atoms with Crippen molar-refractivity contribution in [2.24, 2.45) is 5.92 Å². The first kappa shape index (κ1) is 17.6. The zero-order valence-corrected chi connectivity index (χ0v) is 14.5. The molecule has 0 radical (unpaired) electrons. The quantitative estimate of drug-likeness (QED) is 0.816. The van der Waals surface area contributed by atoms with E-state index >= 15 is 0 Å². The number of benzene rings is 1. The minimum absolute atomic E-state index is 0.210. The Kier molecular flexibility index (Phi) is 5.88. The summed E-state index contributed by atoms with van der Waals surface area (Å²) in [6.45, 7) is 5.98. The average molecular weight is 321 g/mol. The number of ether oxygens (including phenoxy) is 3. The van der Waals surface area contributed by atoms with Gasteiger partial charge in [-0.05, 0) is 57.5 Å². The molecule has 2 rings (SSSR count). The molecule has 0 unspecified atom stereocenters. The number of hydrogen-bond acceptors (Lipinski definition) is 5. The molecule has 0 spiro atoms. The maximum Gasteiger partial charge on any atom is 0.310 e. The second-order valence-electron chi connectivity index (χ2n) is 6.50. The highest BCUT2D eigenvalue weighted by atomic mass is 16.6. The first-order valence-corrected chi connectivity index (χ1v) is 8.09. The molecule has 1 N–H and O–H groups in total. The van der Waals surface area contributed by atoms with Gasteiger partial charge in [0, 0.05) is 12.0 Å². The van der Waals surface area contributed by atoms with E-state index in [1.807, 2.05) is 26.0 Å². The highest BCUT2D eigenvalue weighted by molar-refractivity contribution is 5.73. The van der Waals surface area contributed by atoms with Crippen molar-refractivity contribution in [2.45, 2.75) is 38.7 Å². The van der Waals surface area contributed by atoms with Crippen molar-refractivity contribution in [1.29, 1.82) is 0 Å². The van der Waals surface area contributed by atoms with Crippen LogP contribution in [0.15, 0.2) is 18.2 Å². The fraction of sp³-hybridized carbons (Fsp3) is 0.611. The molecule has 1 aromatic carbocycles. The van der Waals surface area contributed by atoms with Crippen LogP contribution in [0.1, 0.15) is 32.3 Å². The Morgan fingerprint density at radius 3 is 2.22 bits per heavy atom. The van der Waals surface area contributed by atoms with Crippen molar-refractivity contribution in [3.05, 3.63) is 23.8 Å². The van der Waals surface area contributed by atoms with Crippen LogP contribution in [0.4, 0.5) is 0 Å². The van der Waals surface area contributed by atoms with E-state index in [4.69, 9.17) is 14.2 Å². The van der Waals surface area contributed by atoms with E-state index in [-0.39, 0.29) is 12.4 Å². The summed E-state index contributed by atoms with van der Waals surface area (Å²) in [7, 11) is 3.19. The Morgan fingerprint density at radius 1 is 1.13 bits per heavy atom. The van der Waals surface area contributed by atoms with Gasteiger partial charge in [0.05, 0.1) is 20.6 Å². The number of methoxy groups -OCH3 is 2. The van der Waals surface area contributed by atoms with E-state index in [9.17, 15) is 4.79 Å². The summed E-state index contributed by atoms with van der Waals surface area (Å²) in [5, 5.41) is 3.34. The van der Waals surface area contributed by atoms with Gasteiger partial charge in [-0.2, -0.15) is 0 Å². The second kappa shape index (κ2) is 7.68. The summed E-state index contributed by atoms with van der Waals surface area (Å²) < 4.78 is 16.3. The molecular weight excluding hydrogens is 294 g/mol. The summed E-state index contributed by atoms with van der Waals surface area (Å²) in [5.41, 5.74) is 0.384. The average Bonchev–Trinajstić information content (AvgIpc) is 2.54. The van der Waals surface area contributed by atoms with E-state index in [1.54, 1.807) is 20.3 Å². The predicted molar refractivity (Wildman–Crippen MR) is 89.0 cm³/mol. The standard InChI is InChI=1S/C18H27NO4/c1-18(2,14-5-7-19-8-6-14)23-17(20)11-13-9-15(21-3)12-16(10-13)22-4/h9-10,12,14,19H,5-8,11H2,1-4H3. The summed E-state index contributed by atoms with van der Waals surface area (Å²) in [4.78, 5) is 12.4. The molecule has 1 aliphatic rings. The fourth-order valence-corrected chi connectivity index (χ4v) is 3.07. The molecule has 0 aromatic heterocycles. The Labute approximate surface area is 138 Å². The zero-order valence-electron chi connectivity index (χ0n) is 14.5. The molecule has 5 nitrogen and oxygen atoms in total. The van der Waals surface area contributed by atoms with E-state index in [0.717, 1.165) is 31.5 Å². The zero-order chi connectivity index (χ0) is 16.9. The molecule has 0 atom stereocenters. The highest BCUT2D eigenvalue weighted by Gasteiger charge is 2.34. The third-order valence-corrected chi connectivity index (χ3v) is 4.46. The van der Waals surface area contributed by atoms with Crippen molar-refractivity contribution in [3.63, 3.8) is 0 Å². The van der Waals surface area contributed by atoms with E-state index in [0.29, 0.717) is 17.4 Å². The van der Waals surface area contributed by atoms with Crippen LogP contribution in [0, 0.1) is 5.92 Å². The van der Waals surface area contributed by atoms with Gasteiger partial charge >= 0.3 is 5.97 Å². The lowest BCUT2D eigenvalue weighted by molar-refractivity contribution is -0.161. The lowest BCUT2D eigenvalue weighted by Gasteiger charge is -2.36. The number of hydrogen-bond donors (Lipinski definition) is 1. The largest absolute Gasteiger partial charge is 0.497 e. The van der Waals surface area contributed by atoms with Gasteiger partial charge in [-0.25, -0.2) is 0 Å². The van der Waals surface area contributed by atoms with Crippen molar-refractivity contribution in [2.75, 3.05) is 27.3 Å². The maximum absolute atomic E-state index is 12.4. The monoisotopic (exact) mass is 321 g/mol. The molecule has 1 heterocycles. The van der Waals surface area contributed by atoms with Gasteiger partial charge in [-0.1, -0.05) is 0 Å². The molecule has 1 aliphatic heterocycles. The summed E-state index contributed by atoms with van der Waals surface area (Å²) in [6.07, 6.45) is 2.28. The van der Waals surface area contributed by atoms with Crippen LogP contribution in [0.3, 0.4) is 0 Å². The molecule has 1 saturated heterocycles. The summed E-state index contributed by atoms with van der Waals surface area (Å²) in [6, 6.07) is 5.45. The molecule has 0 bridgehead atoms. The number of nitrogens with one attached hydrogen (secondary N) is 1. The fourth-order valence-electron chi connectivity index (χ4n) is 3.07. The molecule has 23 heavy (non-hydrogen) atoms. The molecule has 128 valence electrons. The summed E-state index contributed by atoms with van der Waals surface area (Å²) >= 11 is 0. The third-order valence-electron chi connectivity index (χ3n) is 4.46. The number of carbonyl (C=O) groups excluding carboxylic acids is 1. The van der Waals surface area contributed by atoms with Gasteiger partial charge < -0.3 is 19.5 Å². The molecule has 0 aliphatic carbocycles. The Balaban J connectivity index is 2.01. The van der Waals surface area contributed by atoms with Crippen LogP contribution in [0.25, 0.3) is 0 Å². The topological polar surface area (TPSA) is 56.8 Å². The molecule has 1 aromatic rings. The molecule has 0 amide bonds. The molecular formula is C18H27NO4. The number of piperidine rings is 1. The van der Waals surface area contributed by atoms with Crippen molar-refractivity contribution < 1.29 is 19.0 Å². The Hall–Kier alpha value is -1.75. The lowest BCUT2D eigenvalue weighted by atomic mass is 9.83. The lowest BCUT2D eigenvalue weighted by Crippen LogP contribution is -2.43. The molecule has 5 heteroatoms. The molecule has 1 fully saturated rings. The van der Waals surface area contributed by atoms with Crippen LogP contribution >= 0.6 is 0 Å². The van der Waals surface area contributed by atoms with Gasteiger partial charge in [-0.15, -0.1) is 0 Å². The summed E-state index contributed by atoms with van der Waals surface area (Å²) in [5.74, 6) is 1.52. The Morgan fingerprint density at radius 2 is 1.70 bits per heavy atom. The van der Waals surface area contributed by atoms with E-state index in [2.05, 4.69) is 5.32 Å². The predicted octanol–water partition coefficient (Wildman–Crippen LogP) is 2.57. The Bertz CT molecular complexity index is 514. The number of carbonyl (C=O) groups is 1. The normalized spacial score (nSPS) is 16.0. The van der Waals surface area contributed by atoms with E-state index < -0.39 is 5.60 Å². The van der Waals surface area contributed by atoms with Crippen molar-refractivity contribution in [1.82, 2.24) is 5.32 Å². The van der Waals surface area contributed by atoms with Crippen LogP contribution in [0.5, 0.6) is 11.5 Å².